The molecule has 12 heavy (non-hydrogen) atoms. The summed E-state index contributed by atoms with van der Waals surface area (Å²) in [4.78, 5) is 11.0. The molecule has 3 aliphatic rings. The fourth-order valence-electron chi connectivity index (χ4n) is 2.31. The van der Waals surface area contributed by atoms with Gasteiger partial charge in [0.2, 0.25) is 0 Å². The van der Waals surface area contributed by atoms with Gasteiger partial charge in [-0.3, -0.25) is 0 Å². The highest BCUT2D eigenvalue weighted by atomic mass is 16.6. The van der Waals surface area contributed by atoms with Crippen LogP contribution in [0.15, 0.2) is 0 Å². The number of rotatable bonds is 0. The summed E-state index contributed by atoms with van der Waals surface area (Å²) < 4.78 is 10.3. The molecule has 3 rings (SSSR count). The summed E-state index contributed by atoms with van der Waals surface area (Å²) in [6, 6.07) is 0. The molecule has 2 aliphatic heterocycles. The number of carbonyl (C=O) groups is 1. The Bertz CT molecular complexity index is 239. The predicted octanol–water partition coefficient (Wildman–Crippen LogP) is -0.550. The van der Waals surface area contributed by atoms with Gasteiger partial charge in [0.25, 0.3) is 0 Å². The fourth-order valence-corrected chi connectivity index (χ4v) is 2.31. The Kier molecular flexibility index (Phi) is 1.14. The van der Waals surface area contributed by atoms with E-state index in [0.29, 0.717) is 6.10 Å². The Hall–Kier alpha value is -0.610. The molecule has 3 fully saturated rings. The number of fused-ring (bicyclic) bond motifs is 3. The second kappa shape index (κ2) is 2.00. The summed E-state index contributed by atoms with van der Waals surface area (Å²) in [6.07, 6.45) is 1.12. The van der Waals surface area contributed by atoms with Crippen LogP contribution in [0.25, 0.3) is 0 Å². The Morgan fingerprint density at radius 3 is 3.00 bits per heavy atom. The van der Waals surface area contributed by atoms with Gasteiger partial charge < -0.3 is 14.6 Å². The van der Waals surface area contributed by atoms with Crippen molar-refractivity contribution >= 4 is 5.97 Å². The van der Waals surface area contributed by atoms with Crippen molar-refractivity contribution in [2.24, 2.45) is 5.92 Å². The summed E-state index contributed by atoms with van der Waals surface area (Å²) in [7, 11) is 0. The lowest BCUT2D eigenvalue weighted by atomic mass is 9.85. The van der Waals surface area contributed by atoms with Crippen molar-refractivity contribution < 1.29 is 19.4 Å². The van der Waals surface area contributed by atoms with Gasteiger partial charge in [0.1, 0.15) is 12.2 Å². The molecular formula is C8H10O4. The zero-order chi connectivity index (χ0) is 8.29. The molecular weight excluding hydrogens is 160 g/mol. The van der Waals surface area contributed by atoms with Crippen molar-refractivity contribution in [2.75, 3.05) is 0 Å². The molecule has 0 bridgehead atoms. The van der Waals surface area contributed by atoms with Crippen LogP contribution in [0.1, 0.15) is 12.8 Å². The van der Waals surface area contributed by atoms with E-state index in [0.717, 1.165) is 12.8 Å². The maximum absolute atomic E-state index is 11.0. The van der Waals surface area contributed by atoms with Gasteiger partial charge in [0, 0.05) is 5.92 Å². The minimum atomic E-state index is -0.903. The number of hydrogen-bond donors (Lipinski definition) is 1. The molecule has 2 heterocycles. The van der Waals surface area contributed by atoms with E-state index in [1.807, 2.05) is 0 Å². The molecule has 2 saturated heterocycles. The van der Waals surface area contributed by atoms with Crippen molar-refractivity contribution in [3.8, 4) is 0 Å². The van der Waals surface area contributed by atoms with Crippen LogP contribution in [0.4, 0.5) is 0 Å². The van der Waals surface area contributed by atoms with Crippen LogP contribution in [0.3, 0.4) is 0 Å². The van der Waals surface area contributed by atoms with Gasteiger partial charge in [0.05, 0.1) is 6.10 Å². The second-order valence-corrected chi connectivity index (χ2v) is 3.73. The number of carbonyl (C=O) groups excluding carboxylic acids is 1. The molecule has 0 amide bonds. The third-order valence-electron chi connectivity index (χ3n) is 3.05. The predicted molar refractivity (Wildman–Crippen MR) is 37.3 cm³/mol. The van der Waals surface area contributed by atoms with E-state index in [9.17, 15) is 9.90 Å². The van der Waals surface area contributed by atoms with Crippen molar-refractivity contribution in [1.29, 1.82) is 0 Å². The number of ether oxygens (including phenoxy) is 2. The number of aliphatic hydroxyl groups is 1. The maximum Gasteiger partial charge on any atom is 0.335 e. The first-order chi connectivity index (χ1) is 5.77. The van der Waals surface area contributed by atoms with E-state index in [1.54, 1.807) is 0 Å². The number of epoxide rings is 1. The highest BCUT2D eigenvalue weighted by molar-refractivity contribution is 5.77. The summed E-state index contributed by atoms with van der Waals surface area (Å²) in [5.74, 6) is -0.484. The standard InChI is InChI=1S/C8H10O4/c9-5-3-1-2-4-7(11-4)6(3)12-8(5)10/h3-7,9H,1-2H2/t3-,4+,5+,6+,7+/m0/s1. The number of esters is 1. The highest BCUT2D eigenvalue weighted by Crippen LogP contribution is 2.45. The minimum absolute atomic E-state index is 0.0127. The molecule has 4 heteroatoms. The van der Waals surface area contributed by atoms with Crippen molar-refractivity contribution in [1.82, 2.24) is 0 Å². The smallest absolute Gasteiger partial charge is 0.335 e. The Balaban J connectivity index is 1.87. The van der Waals surface area contributed by atoms with Crippen LogP contribution in [-0.4, -0.2) is 35.5 Å². The molecule has 1 aliphatic carbocycles. The highest BCUT2D eigenvalue weighted by Gasteiger charge is 2.59. The van der Waals surface area contributed by atoms with Gasteiger partial charge in [-0.05, 0) is 12.8 Å². The first-order valence-electron chi connectivity index (χ1n) is 4.31. The number of hydrogen-bond acceptors (Lipinski definition) is 4. The summed E-state index contributed by atoms with van der Waals surface area (Å²) in [5.41, 5.74) is 0. The van der Waals surface area contributed by atoms with Gasteiger partial charge >= 0.3 is 5.97 Å². The molecule has 0 aromatic carbocycles. The van der Waals surface area contributed by atoms with Gasteiger partial charge in [-0.2, -0.15) is 0 Å². The molecule has 1 N–H and O–H groups in total. The molecule has 66 valence electrons. The van der Waals surface area contributed by atoms with E-state index in [1.165, 1.54) is 0 Å². The van der Waals surface area contributed by atoms with Crippen LogP contribution in [0.2, 0.25) is 0 Å². The Morgan fingerprint density at radius 1 is 1.33 bits per heavy atom. The normalized spacial score (nSPS) is 55.8. The van der Waals surface area contributed by atoms with E-state index in [2.05, 4.69) is 0 Å². The first-order valence-corrected chi connectivity index (χ1v) is 4.31. The Labute approximate surface area is 69.5 Å². The lowest BCUT2D eigenvalue weighted by molar-refractivity contribution is -0.147. The van der Waals surface area contributed by atoms with Crippen molar-refractivity contribution in [2.45, 2.75) is 37.3 Å². The average Bonchev–Trinajstić information content (AvgIpc) is 2.77. The van der Waals surface area contributed by atoms with Crippen LogP contribution in [0.5, 0.6) is 0 Å². The van der Waals surface area contributed by atoms with Crippen molar-refractivity contribution in [3.05, 3.63) is 0 Å². The molecule has 0 spiro atoms. The van der Waals surface area contributed by atoms with Gasteiger partial charge in [-0.1, -0.05) is 0 Å². The van der Waals surface area contributed by atoms with Crippen LogP contribution >= 0.6 is 0 Å². The van der Waals surface area contributed by atoms with Crippen LogP contribution < -0.4 is 0 Å². The molecule has 5 atom stereocenters. The summed E-state index contributed by atoms with van der Waals surface area (Å²) >= 11 is 0. The van der Waals surface area contributed by atoms with E-state index >= 15 is 0 Å². The van der Waals surface area contributed by atoms with E-state index < -0.39 is 12.1 Å². The van der Waals surface area contributed by atoms with E-state index in [4.69, 9.17) is 9.47 Å². The largest absolute Gasteiger partial charge is 0.457 e. The zero-order valence-corrected chi connectivity index (χ0v) is 6.47. The fraction of sp³-hybridized carbons (Fsp3) is 0.875. The molecule has 0 radical (unpaired) electrons. The zero-order valence-electron chi connectivity index (χ0n) is 6.47. The Morgan fingerprint density at radius 2 is 2.17 bits per heavy atom. The molecule has 4 nitrogen and oxygen atoms in total. The quantitative estimate of drug-likeness (QED) is 0.391. The number of aliphatic hydroxyl groups excluding tert-OH is 1. The van der Waals surface area contributed by atoms with Crippen LogP contribution in [0, 0.1) is 5.92 Å². The molecule has 0 aromatic rings. The van der Waals surface area contributed by atoms with Gasteiger partial charge in [-0.25, -0.2) is 4.79 Å². The SMILES string of the molecule is O=C1O[C@@H]2[C@@H](CC[C@H]3O[C@@H]23)[C@H]1O. The third kappa shape index (κ3) is 0.716. The monoisotopic (exact) mass is 170 g/mol. The lowest BCUT2D eigenvalue weighted by Crippen LogP contribution is -2.33. The van der Waals surface area contributed by atoms with Crippen molar-refractivity contribution in [3.63, 3.8) is 0 Å². The summed E-state index contributed by atoms with van der Waals surface area (Å²) in [5, 5.41) is 9.40. The molecule has 1 saturated carbocycles. The molecule has 0 unspecified atom stereocenters. The topological polar surface area (TPSA) is 59.1 Å². The van der Waals surface area contributed by atoms with Gasteiger partial charge in [0.15, 0.2) is 6.10 Å². The molecule has 0 aromatic heterocycles. The second-order valence-electron chi connectivity index (χ2n) is 3.73. The lowest BCUT2D eigenvalue weighted by Gasteiger charge is -2.19. The minimum Gasteiger partial charge on any atom is -0.457 e. The first kappa shape index (κ1) is 6.86. The van der Waals surface area contributed by atoms with Crippen LogP contribution in [-0.2, 0) is 14.3 Å². The van der Waals surface area contributed by atoms with E-state index in [-0.39, 0.29) is 18.1 Å². The maximum atomic E-state index is 11.0. The summed E-state index contributed by atoms with van der Waals surface area (Å²) in [6.45, 7) is 0. The third-order valence-corrected chi connectivity index (χ3v) is 3.05. The van der Waals surface area contributed by atoms with Gasteiger partial charge in [-0.15, -0.1) is 0 Å². The average molecular weight is 170 g/mol.